The Morgan fingerprint density at radius 1 is 1.09 bits per heavy atom. The number of amides is 1. The van der Waals surface area contributed by atoms with Crippen molar-refractivity contribution in [1.82, 2.24) is 14.3 Å². The molecule has 1 unspecified atom stereocenters. The van der Waals surface area contributed by atoms with Crippen LogP contribution < -0.4 is 4.72 Å². The van der Waals surface area contributed by atoms with Crippen molar-refractivity contribution in [1.29, 1.82) is 0 Å². The van der Waals surface area contributed by atoms with Gasteiger partial charge in [0, 0.05) is 13.2 Å². The van der Waals surface area contributed by atoms with Gasteiger partial charge in [0.1, 0.15) is 11.6 Å². The summed E-state index contributed by atoms with van der Waals surface area (Å²) in [5, 5.41) is 0.0470. The van der Waals surface area contributed by atoms with Gasteiger partial charge in [-0.25, -0.2) is 13.8 Å². The maximum Gasteiger partial charge on any atom is 0.280 e. The first-order chi connectivity index (χ1) is 15.7. The van der Waals surface area contributed by atoms with Crippen LogP contribution in [0.1, 0.15) is 28.9 Å². The predicted octanol–water partition coefficient (Wildman–Crippen LogP) is 4.60. The van der Waals surface area contributed by atoms with Gasteiger partial charge in [0.25, 0.3) is 15.9 Å². The molecular formula is C22H18F2N4O3S2. The number of aromatic nitrogens is 2. The Hall–Kier alpha value is -3.44. The number of pyridine rings is 1. The van der Waals surface area contributed by atoms with E-state index in [0.717, 1.165) is 23.7 Å². The molecule has 0 aliphatic heterocycles. The predicted molar refractivity (Wildman–Crippen MR) is 122 cm³/mol. The molecule has 33 heavy (non-hydrogen) atoms. The molecular weight excluding hydrogens is 470 g/mol. The Kier molecular flexibility index (Phi) is 6.09. The fourth-order valence-corrected chi connectivity index (χ4v) is 5.21. The summed E-state index contributed by atoms with van der Waals surface area (Å²) < 4.78 is 60.3. The molecule has 0 aliphatic rings. The molecule has 2 aromatic carbocycles. The Morgan fingerprint density at radius 2 is 1.79 bits per heavy atom. The van der Waals surface area contributed by atoms with Crippen LogP contribution in [0.15, 0.2) is 66.0 Å². The number of carbonyl (C=O) groups is 1. The number of hydrogen-bond donors (Lipinski definition) is 1. The third-order valence-electron chi connectivity index (χ3n) is 5.21. The highest BCUT2D eigenvalue weighted by molar-refractivity contribution is 7.92. The summed E-state index contributed by atoms with van der Waals surface area (Å²) in [6.45, 7) is 1.74. The maximum atomic E-state index is 14.0. The van der Waals surface area contributed by atoms with Gasteiger partial charge in [-0.3, -0.25) is 9.52 Å². The van der Waals surface area contributed by atoms with Crippen LogP contribution in [0, 0.1) is 11.6 Å². The normalized spacial score (nSPS) is 12.5. The first-order valence-electron chi connectivity index (χ1n) is 9.72. The summed E-state index contributed by atoms with van der Waals surface area (Å²) >= 11 is 1.11. The second kappa shape index (κ2) is 8.83. The lowest BCUT2D eigenvalue weighted by Crippen LogP contribution is -2.30. The summed E-state index contributed by atoms with van der Waals surface area (Å²) in [6, 6.07) is 10.1. The van der Waals surface area contributed by atoms with E-state index in [0.29, 0.717) is 15.6 Å². The van der Waals surface area contributed by atoms with E-state index in [1.165, 1.54) is 42.5 Å². The lowest BCUT2D eigenvalue weighted by atomic mass is 10.1. The molecule has 1 atom stereocenters. The van der Waals surface area contributed by atoms with Gasteiger partial charge in [-0.15, -0.1) is 0 Å². The Labute approximate surface area is 192 Å². The zero-order valence-electron chi connectivity index (χ0n) is 17.5. The molecule has 170 valence electrons. The number of nitrogens with one attached hydrogen (secondary N) is 1. The zero-order chi connectivity index (χ0) is 23.8. The lowest BCUT2D eigenvalue weighted by molar-refractivity contribution is 0.0743. The topological polar surface area (TPSA) is 92.3 Å². The lowest BCUT2D eigenvalue weighted by Gasteiger charge is -2.26. The van der Waals surface area contributed by atoms with Gasteiger partial charge in [-0.1, -0.05) is 12.1 Å². The van der Waals surface area contributed by atoms with Crippen molar-refractivity contribution in [3.8, 4) is 0 Å². The zero-order valence-corrected chi connectivity index (χ0v) is 19.1. The molecule has 0 spiro atoms. The van der Waals surface area contributed by atoms with Crippen LogP contribution in [0.3, 0.4) is 0 Å². The van der Waals surface area contributed by atoms with E-state index in [-0.39, 0.29) is 16.3 Å². The minimum Gasteiger partial charge on any atom is -0.335 e. The van der Waals surface area contributed by atoms with Crippen molar-refractivity contribution in [2.75, 3.05) is 11.8 Å². The van der Waals surface area contributed by atoms with Crippen LogP contribution in [-0.2, 0) is 10.0 Å². The molecule has 0 fully saturated rings. The minimum atomic E-state index is -4.26. The van der Waals surface area contributed by atoms with Gasteiger partial charge in [0.2, 0.25) is 0 Å². The van der Waals surface area contributed by atoms with Gasteiger partial charge in [0.05, 0.1) is 33.6 Å². The minimum absolute atomic E-state index is 0.0490. The van der Waals surface area contributed by atoms with Gasteiger partial charge < -0.3 is 4.90 Å². The molecule has 4 aromatic rings. The number of anilines is 1. The summed E-state index contributed by atoms with van der Waals surface area (Å²) in [4.78, 5) is 18.5. The standard InChI is InChI=1S/C22H18F2N4O3S2/c1-13(14-3-5-15(23)6-4-14)28(2)22(29)17-8-7-16(24)11-19(17)27-33(30,31)21-18-12-26-32-20(18)9-10-25-21/h3-13,27H,1-2H3. The van der Waals surface area contributed by atoms with Crippen LogP contribution in [0.25, 0.3) is 10.1 Å². The highest BCUT2D eigenvalue weighted by Crippen LogP contribution is 2.29. The average Bonchev–Trinajstić information content (AvgIpc) is 3.27. The van der Waals surface area contributed by atoms with Crippen molar-refractivity contribution in [3.05, 3.63) is 83.7 Å². The third-order valence-corrected chi connectivity index (χ3v) is 7.30. The number of rotatable bonds is 6. The van der Waals surface area contributed by atoms with Crippen molar-refractivity contribution in [3.63, 3.8) is 0 Å². The van der Waals surface area contributed by atoms with Crippen molar-refractivity contribution >= 4 is 43.2 Å². The number of carbonyl (C=O) groups excluding carboxylic acids is 1. The quantitative estimate of drug-likeness (QED) is 0.428. The Bertz CT molecular complexity index is 1440. The van der Waals surface area contributed by atoms with Crippen LogP contribution >= 0.6 is 11.5 Å². The molecule has 4 rings (SSSR count). The summed E-state index contributed by atoms with van der Waals surface area (Å²) in [7, 11) is -2.73. The number of halogens is 2. The van der Waals surface area contributed by atoms with Gasteiger partial charge >= 0.3 is 0 Å². The van der Waals surface area contributed by atoms with Crippen LogP contribution in [-0.4, -0.2) is 35.6 Å². The van der Waals surface area contributed by atoms with Crippen molar-refractivity contribution in [2.45, 2.75) is 18.0 Å². The molecule has 2 heterocycles. The van der Waals surface area contributed by atoms with E-state index in [4.69, 9.17) is 0 Å². The smallest absolute Gasteiger partial charge is 0.280 e. The number of fused-ring (bicyclic) bond motifs is 1. The molecule has 2 aromatic heterocycles. The molecule has 1 amide bonds. The van der Waals surface area contributed by atoms with Gasteiger partial charge in [-0.2, -0.15) is 12.8 Å². The Balaban J connectivity index is 1.68. The number of hydrogen-bond acceptors (Lipinski definition) is 6. The summed E-state index contributed by atoms with van der Waals surface area (Å²) in [5.74, 6) is -1.67. The highest BCUT2D eigenvalue weighted by atomic mass is 32.2. The molecule has 0 saturated carbocycles. The molecule has 7 nitrogen and oxygen atoms in total. The Morgan fingerprint density at radius 3 is 2.52 bits per heavy atom. The first kappa shape index (κ1) is 22.7. The second-order valence-electron chi connectivity index (χ2n) is 7.29. The van der Waals surface area contributed by atoms with Crippen molar-refractivity contribution < 1.29 is 22.0 Å². The molecule has 0 radical (unpaired) electrons. The van der Waals surface area contributed by atoms with Crippen LogP contribution in [0.5, 0.6) is 0 Å². The molecule has 1 N–H and O–H groups in total. The third kappa shape index (κ3) is 4.55. The van der Waals surface area contributed by atoms with E-state index in [1.54, 1.807) is 25.1 Å². The molecule has 0 bridgehead atoms. The van der Waals surface area contributed by atoms with E-state index in [2.05, 4.69) is 14.1 Å². The van der Waals surface area contributed by atoms with Crippen LogP contribution in [0.2, 0.25) is 0 Å². The first-order valence-corrected chi connectivity index (χ1v) is 12.0. The summed E-state index contributed by atoms with van der Waals surface area (Å²) in [6.07, 6.45) is 2.72. The number of sulfonamides is 1. The highest BCUT2D eigenvalue weighted by Gasteiger charge is 2.26. The van der Waals surface area contributed by atoms with E-state index in [1.807, 2.05) is 0 Å². The number of nitrogens with zero attached hydrogens (tertiary/aromatic N) is 3. The van der Waals surface area contributed by atoms with Crippen molar-refractivity contribution in [2.24, 2.45) is 0 Å². The second-order valence-corrected chi connectivity index (χ2v) is 9.72. The van der Waals surface area contributed by atoms with Gasteiger partial charge in [-0.05, 0) is 60.4 Å². The maximum absolute atomic E-state index is 14.0. The van der Waals surface area contributed by atoms with E-state index in [9.17, 15) is 22.0 Å². The molecule has 0 saturated heterocycles. The van der Waals surface area contributed by atoms with E-state index < -0.39 is 33.6 Å². The SMILES string of the molecule is CC(c1ccc(F)cc1)N(C)C(=O)c1ccc(F)cc1NS(=O)(=O)c1nccc2sncc12. The van der Waals surface area contributed by atoms with E-state index >= 15 is 0 Å². The molecule has 0 aliphatic carbocycles. The largest absolute Gasteiger partial charge is 0.335 e. The molecule has 11 heteroatoms. The van der Waals surface area contributed by atoms with Gasteiger partial charge in [0.15, 0.2) is 5.03 Å². The fraction of sp³-hybridized carbons (Fsp3) is 0.136. The monoisotopic (exact) mass is 488 g/mol. The van der Waals surface area contributed by atoms with Crippen LogP contribution in [0.4, 0.5) is 14.5 Å². The fourth-order valence-electron chi connectivity index (χ4n) is 3.30. The number of benzene rings is 2. The average molecular weight is 489 g/mol. The summed E-state index contributed by atoms with van der Waals surface area (Å²) in [5.41, 5.74) is 0.407.